The van der Waals surface area contributed by atoms with Gasteiger partial charge >= 0.3 is 0 Å². The summed E-state index contributed by atoms with van der Waals surface area (Å²) in [6.45, 7) is 2.18. The number of fused-ring (bicyclic) bond motifs is 4. The number of anilines is 1. The zero-order chi connectivity index (χ0) is 31.5. The van der Waals surface area contributed by atoms with Gasteiger partial charge in [0.1, 0.15) is 0 Å². The molecule has 1 aliphatic heterocycles. The van der Waals surface area contributed by atoms with E-state index in [2.05, 4.69) is 78.2 Å². The summed E-state index contributed by atoms with van der Waals surface area (Å²) < 4.78 is 13.5. The van der Waals surface area contributed by atoms with Crippen LogP contribution in [-0.4, -0.2) is 36.6 Å². The third-order valence-corrected chi connectivity index (χ3v) is 9.33. The first-order valence-electron chi connectivity index (χ1n) is 15.9. The zero-order valence-corrected chi connectivity index (χ0v) is 26.2. The number of para-hydroxylation sites is 3. The number of hydrogen-bond donors (Lipinski definition) is 1. The summed E-state index contributed by atoms with van der Waals surface area (Å²) in [5, 5.41) is 2.44. The van der Waals surface area contributed by atoms with Crippen molar-refractivity contribution in [3.8, 4) is 11.5 Å². The summed E-state index contributed by atoms with van der Waals surface area (Å²) in [5.41, 5.74) is 10.5. The van der Waals surface area contributed by atoms with Gasteiger partial charge in [-0.2, -0.15) is 0 Å². The highest BCUT2D eigenvalue weighted by molar-refractivity contribution is 6.09. The van der Waals surface area contributed by atoms with Crippen LogP contribution in [0.2, 0.25) is 0 Å². The van der Waals surface area contributed by atoms with E-state index in [-0.39, 0.29) is 29.8 Å². The van der Waals surface area contributed by atoms with Crippen LogP contribution in [0.5, 0.6) is 11.5 Å². The molecule has 3 unspecified atom stereocenters. The van der Waals surface area contributed by atoms with Crippen LogP contribution in [-0.2, 0) is 4.79 Å². The fraction of sp³-hybridized carbons (Fsp3) is 0.316. The molecule has 0 radical (unpaired) electrons. The number of hydrogen-bond acceptors (Lipinski definition) is 4. The first-order chi connectivity index (χ1) is 22.0. The standard InChI is InChI=1S/C38H41N3O4/c1-4-12-25(13-11-20-37(39)42)33-24-34(40-30-17-8-5-14-27(30)28-15-6-9-18-31(28)40)29-16-7-10-19-32(29)41(33)38(43)26-21-22-35(44-2)36(23-26)45-3/h5-10,14-19,21-23,25,33-34H,4,11-13,20,24H2,1-3H3,(H2,39,42). The number of nitrogens with zero attached hydrogens (tertiary/aromatic N) is 2. The van der Waals surface area contributed by atoms with Crippen molar-refractivity contribution >= 4 is 39.3 Å². The lowest BCUT2D eigenvalue weighted by molar-refractivity contribution is -0.118. The quantitative estimate of drug-likeness (QED) is 0.166. The van der Waals surface area contributed by atoms with Crippen molar-refractivity contribution in [1.29, 1.82) is 0 Å². The molecule has 1 aliphatic rings. The van der Waals surface area contributed by atoms with E-state index in [1.807, 2.05) is 17.0 Å². The third kappa shape index (κ3) is 5.63. The largest absolute Gasteiger partial charge is 0.493 e. The van der Waals surface area contributed by atoms with Crippen molar-refractivity contribution in [2.45, 2.75) is 57.5 Å². The summed E-state index contributed by atoms with van der Waals surface area (Å²) in [4.78, 5) is 28.5. The molecule has 0 spiro atoms. The molecular weight excluding hydrogens is 562 g/mol. The minimum Gasteiger partial charge on any atom is -0.493 e. The second-order valence-electron chi connectivity index (χ2n) is 11.9. The number of nitrogens with two attached hydrogens (primary N) is 1. The average Bonchev–Trinajstić information content (AvgIpc) is 3.40. The van der Waals surface area contributed by atoms with Gasteiger partial charge in [0.15, 0.2) is 11.5 Å². The number of amides is 2. The third-order valence-electron chi connectivity index (χ3n) is 9.33. The van der Waals surface area contributed by atoms with Crippen molar-refractivity contribution < 1.29 is 19.1 Å². The number of primary amides is 1. The Labute approximate surface area is 264 Å². The molecule has 232 valence electrons. The van der Waals surface area contributed by atoms with E-state index in [1.54, 1.807) is 26.4 Å². The molecule has 2 amide bonds. The van der Waals surface area contributed by atoms with Crippen LogP contribution >= 0.6 is 0 Å². The highest BCUT2D eigenvalue weighted by Gasteiger charge is 2.41. The van der Waals surface area contributed by atoms with Crippen LogP contribution in [0.1, 0.15) is 67.4 Å². The minimum absolute atomic E-state index is 0.000880. The van der Waals surface area contributed by atoms with Crippen LogP contribution in [0.25, 0.3) is 21.8 Å². The molecule has 2 heterocycles. The van der Waals surface area contributed by atoms with Gasteiger partial charge < -0.3 is 24.7 Å². The Balaban J connectivity index is 1.54. The van der Waals surface area contributed by atoms with E-state index in [0.717, 1.165) is 36.9 Å². The topological polar surface area (TPSA) is 86.8 Å². The van der Waals surface area contributed by atoms with Crippen LogP contribution in [0, 0.1) is 5.92 Å². The lowest BCUT2D eigenvalue weighted by Crippen LogP contribution is -2.49. The van der Waals surface area contributed by atoms with Gasteiger partial charge in [0.05, 0.1) is 20.3 Å². The number of aromatic nitrogens is 1. The SMILES string of the molecule is CCCC(CCCC(N)=O)C1CC(n2c3ccccc3c3ccccc32)c2ccccc2N1C(=O)c1ccc(OC)c(OC)c1. The Bertz CT molecular complexity index is 1790. The van der Waals surface area contributed by atoms with Crippen molar-refractivity contribution in [2.24, 2.45) is 11.7 Å². The second kappa shape index (κ2) is 13.1. The summed E-state index contributed by atoms with van der Waals surface area (Å²) >= 11 is 0. The predicted molar refractivity (Wildman–Crippen MR) is 180 cm³/mol. The molecule has 7 heteroatoms. The van der Waals surface area contributed by atoms with E-state index in [9.17, 15) is 9.59 Å². The molecule has 0 saturated carbocycles. The van der Waals surface area contributed by atoms with Crippen molar-refractivity contribution in [1.82, 2.24) is 4.57 Å². The molecule has 0 saturated heterocycles. The van der Waals surface area contributed by atoms with E-state index < -0.39 is 0 Å². The monoisotopic (exact) mass is 603 g/mol. The number of methoxy groups -OCH3 is 2. The van der Waals surface area contributed by atoms with Gasteiger partial charge in [-0.05, 0) is 73.6 Å². The zero-order valence-electron chi connectivity index (χ0n) is 26.2. The fourth-order valence-electron chi connectivity index (χ4n) is 7.37. The number of rotatable bonds is 11. The van der Waals surface area contributed by atoms with E-state index in [4.69, 9.17) is 15.2 Å². The number of ether oxygens (including phenoxy) is 2. The minimum atomic E-state index is -0.291. The van der Waals surface area contributed by atoms with E-state index in [1.165, 1.54) is 21.8 Å². The number of benzene rings is 4. The highest BCUT2D eigenvalue weighted by atomic mass is 16.5. The van der Waals surface area contributed by atoms with Gasteiger partial charge in [0, 0.05) is 45.5 Å². The van der Waals surface area contributed by atoms with Crippen molar-refractivity contribution in [2.75, 3.05) is 19.1 Å². The molecular formula is C38H41N3O4. The maximum absolute atomic E-state index is 14.7. The Morgan fingerprint density at radius 1 is 0.844 bits per heavy atom. The molecule has 6 rings (SSSR count). The molecule has 0 fully saturated rings. The Hall–Kier alpha value is -4.78. The molecule has 5 aromatic rings. The first kappa shape index (κ1) is 30.3. The van der Waals surface area contributed by atoms with Crippen molar-refractivity contribution in [3.63, 3.8) is 0 Å². The summed E-state index contributed by atoms with van der Waals surface area (Å²) in [6.07, 6.45) is 4.47. The molecule has 45 heavy (non-hydrogen) atoms. The van der Waals surface area contributed by atoms with Gasteiger partial charge in [-0.3, -0.25) is 9.59 Å². The highest BCUT2D eigenvalue weighted by Crippen LogP contribution is 2.47. The smallest absolute Gasteiger partial charge is 0.258 e. The second-order valence-corrected chi connectivity index (χ2v) is 11.9. The van der Waals surface area contributed by atoms with Crippen molar-refractivity contribution in [3.05, 3.63) is 102 Å². The summed E-state index contributed by atoms with van der Waals surface area (Å²) in [5.74, 6) is 0.888. The Kier molecular flexibility index (Phi) is 8.78. The number of carbonyl (C=O) groups excluding carboxylic acids is 2. The Morgan fingerprint density at radius 3 is 2.13 bits per heavy atom. The maximum atomic E-state index is 14.7. The van der Waals surface area contributed by atoms with Crippen LogP contribution < -0.4 is 20.1 Å². The molecule has 4 aromatic carbocycles. The summed E-state index contributed by atoms with van der Waals surface area (Å²) in [6, 6.07) is 30.7. The van der Waals surface area contributed by atoms with Gasteiger partial charge in [-0.25, -0.2) is 0 Å². The molecule has 0 aliphatic carbocycles. The molecule has 3 atom stereocenters. The maximum Gasteiger partial charge on any atom is 0.258 e. The normalized spacial score (nSPS) is 16.8. The molecule has 7 nitrogen and oxygen atoms in total. The van der Waals surface area contributed by atoms with Crippen LogP contribution in [0.4, 0.5) is 5.69 Å². The molecule has 0 bridgehead atoms. The van der Waals surface area contributed by atoms with E-state index in [0.29, 0.717) is 29.9 Å². The van der Waals surface area contributed by atoms with Gasteiger partial charge in [0.2, 0.25) is 5.91 Å². The van der Waals surface area contributed by atoms with Gasteiger partial charge in [0.25, 0.3) is 5.91 Å². The van der Waals surface area contributed by atoms with Gasteiger partial charge in [-0.15, -0.1) is 0 Å². The van der Waals surface area contributed by atoms with Gasteiger partial charge in [-0.1, -0.05) is 67.9 Å². The van der Waals surface area contributed by atoms with E-state index >= 15 is 0 Å². The first-order valence-corrected chi connectivity index (χ1v) is 15.9. The predicted octanol–water partition coefficient (Wildman–Crippen LogP) is 7.89. The molecule has 2 N–H and O–H groups in total. The fourth-order valence-corrected chi connectivity index (χ4v) is 7.37. The summed E-state index contributed by atoms with van der Waals surface area (Å²) in [7, 11) is 3.17. The number of carbonyl (C=O) groups is 2. The Morgan fingerprint density at radius 2 is 1.49 bits per heavy atom. The van der Waals surface area contributed by atoms with Crippen LogP contribution in [0.3, 0.4) is 0 Å². The molecule has 1 aromatic heterocycles. The lowest BCUT2D eigenvalue weighted by atomic mass is 9.79. The lowest BCUT2D eigenvalue weighted by Gasteiger charge is -2.45. The average molecular weight is 604 g/mol. The van der Waals surface area contributed by atoms with Crippen LogP contribution in [0.15, 0.2) is 91.0 Å².